The number of amides is 1. The molecule has 154 valence electrons. The van der Waals surface area contributed by atoms with E-state index in [0.717, 1.165) is 12.8 Å². The number of benzene rings is 1. The first-order valence-electron chi connectivity index (χ1n) is 9.10. The van der Waals surface area contributed by atoms with Gasteiger partial charge in [-0.15, -0.1) is 0 Å². The van der Waals surface area contributed by atoms with Gasteiger partial charge in [0, 0.05) is 19.4 Å². The maximum Gasteiger partial charge on any atom is 0.387 e. The van der Waals surface area contributed by atoms with Crippen LogP contribution in [0.4, 0.5) is 8.78 Å². The zero-order chi connectivity index (χ0) is 20.3. The summed E-state index contributed by atoms with van der Waals surface area (Å²) in [5, 5.41) is 0. The molecule has 28 heavy (non-hydrogen) atoms. The van der Waals surface area contributed by atoms with Gasteiger partial charge in [-0.3, -0.25) is 4.79 Å². The quantitative estimate of drug-likeness (QED) is 0.626. The van der Waals surface area contributed by atoms with Gasteiger partial charge in [0.2, 0.25) is 5.91 Å². The van der Waals surface area contributed by atoms with E-state index in [0.29, 0.717) is 18.3 Å². The Hall–Kier alpha value is -2.58. The molecule has 1 heterocycles. The van der Waals surface area contributed by atoms with Crippen LogP contribution in [0.25, 0.3) is 0 Å². The number of hydrogen-bond acceptors (Lipinski definition) is 6. The first-order valence-corrected chi connectivity index (χ1v) is 9.10. The van der Waals surface area contributed by atoms with Crippen LogP contribution in [0.1, 0.15) is 26.2 Å². The van der Waals surface area contributed by atoms with E-state index in [9.17, 15) is 18.4 Å². The molecule has 1 aliphatic carbocycles. The molecular weight excluding hydrogens is 376 g/mol. The Morgan fingerprint density at radius 1 is 1.25 bits per heavy atom. The number of hydrogen-bond donors (Lipinski definition) is 0. The molecule has 1 aliphatic heterocycles. The molecule has 0 bridgehead atoms. The van der Waals surface area contributed by atoms with Crippen LogP contribution in [0.15, 0.2) is 18.2 Å². The van der Waals surface area contributed by atoms with Crippen LogP contribution in [-0.2, 0) is 14.3 Å². The van der Waals surface area contributed by atoms with Gasteiger partial charge in [0.1, 0.15) is 17.9 Å². The molecule has 0 radical (unpaired) electrons. The second-order valence-corrected chi connectivity index (χ2v) is 6.93. The SMILES string of the molecule is COC(=O)[C@H]1C[C@H](Oc2ccc(OC(F)F)c(OCC3CC3)c2)CN1C(C)=O. The van der Waals surface area contributed by atoms with Gasteiger partial charge in [0.05, 0.1) is 20.3 Å². The summed E-state index contributed by atoms with van der Waals surface area (Å²) in [4.78, 5) is 25.1. The fourth-order valence-electron chi connectivity index (χ4n) is 3.14. The highest BCUT2D eigenvalue weighted by atomic mass is 19.3. The number of rotatable bonds is 8. The topological polar surface area (TPSA) is 74.3 Å². The molecule has 0 unspecified atom stereocenters. The molecule has 3 rings (SSSR count). The van der Waals surface area contributed by atoms with Crippen molar-refractivity contribution in [3.63, 3.8) is 0 Å². The summed E-state index contributed by atoms with van der Waals surface area (Å²) in [5.41, 5.74) is 0. The summed E-state index contributed by atoms with van der Waals surface area (Å²) in [5.74, 6) is 0.170. The van der Waals surface area contributed by atoms with Gasteiger partial charge in [-0.25, -0.2) is 4.79 Å². The van der Waals surface area contributed by atoms with Crippen molar-refractivity contribution in [3.05, 3.63) is 18.2 Å². The van der Waals surface area contributed by atoms with E-state index < -0.39 is 24.7 Å². The molecule has 1 saturated heterocycles. The number of nitrogens with zero attached hydrogens (tertiary/aromatic N) is 1. The van der Waals surface area contributed by atoms with Crippen LogP contribution in [0.2, 0.25) is 0 Å². The highest BCUT2D eigenvalue weighted by Gasteiger charge is 2.40. The molecule has 1 amide bonds. The van der Waals surface area contributed by atoms with Gasteiger partial charge < -0.3 is 23.8 Å². The minimum Gasteiger partial charge on any atom is -0.489 e. The fourth-order valence-corrected chi connectivity index (χ4v) is 3.14. The number of methoxy groups -OCH3 is 1. The van der Waals surface area contributed by atoms with E-state index in [4.69, 9.17) is 14.2 Å². The Morgan fingerprint density at radius 3 is 2.61 bits per heavy atom. The highest BCUT2D eigenvalue weighted by Crippen LogP contribution is 2.36. The predicted octanol–water partition coefficient (Wildman–Crippen LogP) is 2.62. The first-order chi connectivity index (χ1) is 13.4. The van der Waals surface area contributed by atoms with Crippen molar-refractivity contribution in [1.29, 1.82) is 0 Å². The van der Waals surface area contributed by atoms with Gasteiger partial charge in [-0.05, 0) is 30.9 Å². The molecule has 2 fully saturated rings. The number of alkyl halides is 2. The van der Waals surface area contributed by atoms with Crippen LogP contribution in [0.3, 0.4) is 0 Å². The third-order valence-electron chi connectivity index (χ3n) is 4.75. The first kappa shape index (κ1) is 20.2. The fraction of sp³-hybridized carbons (Fsp3) is 0.579. The van der Waals surface area contributed by atoms with Crippen molar-refractivity contribution < 1.29 is 37.3 Å². The molecule has 2 aliphatic rings. The average molecular weight is 399 g/mol. The molecular formula is C19H23F2NO6. The lowest BCUT2D eigenvalue weighted by Gasteiger charge is -2.20. The third kappa shape index (κ3) is 5.02. The monoisotopic (exact) mass is 399 g/mol. The van der Waals surface area contributed by atoms with Crippen molar-refractivity contribution in [1.82, 2.24) is 4.90 Å². The molecule has 0 N–H and O–H groups in total. The van der Waals surface area contributed by atoms with E-state index in [-0.39, 0.29) is 30.4 Å². The second-order valence-electron chi connectivity index (χ2n) is 6.93. The van der Waals surface area contributed by atoms with Gasteiger partial charge in [-0.1, -0.05) is 0 Å². The maximum atomic E-state index is 12.6. The lowest BCUT2D eigenvalue weighted by atomic mass is 10.2. The zero-order valence-electron chi connectivity index (χ0n) is 15.7. The number of carbonyl (C=O) groups is 2. The second kappa shape index (κ2) is 8.62. The van der Waals surface area contributed by atoms with Crippen LogP contribution >= 0.6 is 0 Å². The van der Waals surface area contributed by atoms with Crippen molar-refractivity contribution in [2.45, 2.75) is 44.9 Å². The number of likely N-dealkylation sites (tertiary alicyclic amines) is 1. The molecule has 0 spiro atoms. The van der Waals surface area contributed by atoms with Gasteiger partial charge >= 0.3 is 12.6 Å². The van der Waals surface area contributed by atoms with Gasteiger partial charge in [0.25, 0.3) is 0 Å². The molecule has 1 aromatic carbocycles. The average Bonchev–Trinajstić information content (AvgIpc) is 3.38. The third-order valence-corrected chi connectivity index (χ3v) is 4.75. The number of halogens is 2. The summed E-state index contributed by atoms with van der Waals surface area (Å²) in [6.07, 6.45) is 1.95. The Bertz CT molecular complexity index is 724. The van der Waals surface area contributed by atoms with E-state index in [2.05, 4.69) is 4.74 Å². The number of ether oxygens (including phenoxy) is 4. The van der Waals surface area contributed by atoms with Gasteiger partial charge in [-0.2, -0.15) is 8.78 Å². The summed E-state index contributed by atoms with van der Waals surface area (Å²) < 4.78 is 46.0. The van der Waals surface area contributed by atoms with Crippen LogP contribution in [-0.4, -0.2) is 55.8 Å². The van der Waals surface area contributed by atoms with Crippen LogP contribution < -0.4 is 14.2 Å². The molecule has 2 atom stereocenters. The highest BCUT2D eigenvalue weighted by molar-refractivity contribution is 5.84. The number of esters is 1. The van der Waals surface area contributed by atoms with E-state index in [1.54, 1.807) is 0 Å². The Morgan fingerprint density at radius 2 is 2.00 bits per heavy atom. The van der Waals surface area contributed by atoms with Gasteiger partial charge in [0.15, 0.2) is 11.5 Å². The Kier molecular flexibility index (Phi) is 6.21. The molecule has 1 aromatic rings. The van der Waals surface area contributed by atoms with E-state index in [1.165, 1.54) is 37.1 Å². The lowest BCUT2D eigenvalue weighted by Crippen LogP contribution is -2.39. The number of carbonyl (C=O) groups excluding carboxylic acids is 2. The molecule has 7 nitrogen and oxygen atoms in total. The van der Waals surface area contributed by atoms with Crippen molar-refractivity contribution in [3.8, 4) is 17.2 Å². The Labute approximate surface area is 161 Å². The standard InChI is InChI=1S/C19H23F2NO6/c1-11(23)22-9-14(7-15(22)18(24)25-2)27-13-5-6-16(28-19(20)21)17(8-13)26-10-12-3-4-12/h5-6,8,12,14-15,19H,3-4,7,9-10H2,1-2H3/t14-,15+/m0/s1. The van der Waals surface area contributed by atoms with E-state index >= 15 is 0 Å². The normalized spacial score (nSPS) is 21.5. The van der Waals surface area contributed by atoms with Crippen LogP contribution in [0.5, 0.6) is 17.2 Å². The van der Waals surface area contributed by atoms with E-state index in [1.807, 2.05) is 0 Å². The lowest BCUT2D eigenvalue weighted by molar-refractivity contribution is -0.150. The van der Waals surface area contributed by atoms with Crippen LogP contribution in [0, 0.1) is 5.92 Å². The summed E-state index contributed by atoms with van der Waals surface area (Å²) >= 11 is 0. The van der Waals surface area contributed by atoms with Crippen molar-refractivity contribution in [2.24, 2.45) is 5.92 Å². The predicted molar refractivity (Wildman–Crippen MR) is 93.5 cm³/mol. The molecule has 9 heteroatoms. The molecule has 1 saturated carbocycles. The maximum absolute atomic E-state index is 12.6. The minimum atomic E-state index is -2.96. The largest absolute Gasteiger partial charge is 0.489 e. The summed E-state index contributed by atoms with van der Waals surface area (Å²) in [7, 11) is 1.26. The van der Waals surface area contributed by atoms with Crippen molar-refractivity contribution in [2.75, 3.05) is 20.3 Å². The zero-order valence-corrected chi connectivity index (χ0v) is 15.7. The molecule has 0 aromatic heterocycles. The summed E-state index contributed by atoms with van der Waals surface area (Å²) in [6, 6.07) is 3.63. The summed E-state index contributed by atoms with van der Waals surface area (Å²) in [6.45, 7) is -0.939. The van der Waals surface area contributed by atoms with Crippen molar-refractivity contribution >= 4 is 11.9 Å². The smallest absolute Gasteiger partial charge is 0.387 e. The Balaban J connectivity index is 1.71. The minimum absolute atomic E-state index is 0.0628.